The molecule has 0 bridgehead atoms. The predicted molar refractivity (Wildman–Crippen MR) is 119 cm³/mol. The number of carbonyl (C=O) groups is 1. The average molecular weight is 391 g/mol. The number of carbonyl (C=O) groups excluding carboxylic acids is 1. The monoisotopic (exact) mass is 390 g/mol. The highest BCUT2D eigenvalue weighted by Gasteiger charge is 2.44. The van der Waals surface area contributed by atoms with Crippen molar-refractivity contribution in [3.8, 4) is 0 Å². The first-order valence-electron chi connectivity index (χ1n) is 11.3. The summed E-state index contributed by atoms with van der Waals surface area (Å²) in [5, 5.41) is 0. The second kappa shape index (κ2) is 9.13. The number of hydrogen-bond acceptors (Lipinski definition) is 2. The lowest BCUT2D eigenvalue weighted by Crippen LogP contribution is -2.49. The first-order chi connectivity index (χ1) is 14.2. The van der Waals surface area contributed by atoms with E-state index in [1.807, 2.05) is 13.1 Å². The van der Waals surface area contributed by atoms with Crippen LogP contribution in [0.2, 0.25) is 0 Å². The van der Waals surface area contributed by atoms with Crippen LogP contribution < -0.4 is 0 Å². The third-order valence-electron chi connectivity index (χ3n) is 7.04. The molecule has 3 heteroatoms. The fourth-order valence-electron chi connectivity index (χ4n) is 5.35. The number of likely N-dealkylation sites (tertiary alicyclic amines) is 1. The zero-order chi connectivity index (χ0) is 20.1. The van der Waals surface area contributed by atoms with E-state index in [2.05, 4.69) is 64.4 Å². The molecule has 0 N–H and O–H groups in total. The summed E-state index contributed by atoms with van der Waals surface area (Å²) in [4.78, 5) is 18.7. The number of benzene rings is 2. The van der Waals surface area contributed by atoms with Gasteiger partial charge in [0.2, 0.25) is 5.91 Å². The summed E-state index contributed by atoms with van der Waals surface area (Å²) >= 11 is 0. The topological polar surface area (TPSA) is 23.6 Å². The van der Waals surface area contributed by atoms with Crippen molar-refractivity contribution in [2.24, 2.45) is 0 Å². The molecule has 1 heterocycles. The normalized spacial score (nSPS) is 20.3. The van der Waals surface area contributed by atoms with Gasteiger partial charge in [-0.2, -0.15) is 0 Å². The van der Waals surface area contributed by atoms with Gasteiger partial charge in [-0.15, -0.1) is 0 Å². The maximum atomic E-state index is 14.1. The van der Waals surface area contributed by atoms with Crippen LogP contribution in [0, 0.1) is 0 Å². The Morgan fingerprint density at radius 1 is 0.897 bits per heavy atom. The molecule has 29 heavy (non-hydrogen) atoms. The molecule has 1 aliphatic carbocycles. The molecule has 0 aromatic heterocycles. The molecule has 1 saturated heterocycles. The fourth-order valence-corrected chi connectivity index (χ4v) is 5.35. The second-order valence-corrected chi connectivity index (χ2v) is 8.86. The van der Waals surface area contributed by atoms with E-state index in [-0.39, 0.29) is 11.5 Å². The first-order valence-corrected chi connectivity index (χ1v) is 11.3. The molecule has 0 spiro atoms. The molecule has 2 aromatic carbocycles. The van der Waals surface area contributed by atoms with Crippen LogP contribution in [-0.2, 0) is 10.2 Å². The minimum absolute atomic E-state index is 0.101. The van der Waals surface area contributed by atoms with E-state index in [1.54, 1.807) is 0 Å². The largest absolute Gasteiger partial charge is 0.337 e. The lowest BCUT2D eigenvalue weighted by atomic mass is 9.68. The van der Waals surface area contributed by atoms with E-state index < -0.39 is 0 Å². The summed E-state index contributed by atoms with van der Waals surface area (Å²) in [6, 6.07) is 21.3. The maximum absolute atomic E-state index is 14.1. The smallest absolute Gasteiger partial charge is 0.233 e. The third-order valence-corrected chi connectivity index (χ3v) is 7.04. The molecule has 0 radical (unpaired) electrons. The minimum atomic E-state index is -0.369. The van der Waals surface area contributed by atoms with Crippen molar-refractivity contribution in [1.82, 2.24) is 9.80 Å². The van der Waals surface area contributed by atoms with Gasteiger partial charge in [-0.05, 0) is 49.9 Å². The Bertz CT molecular complexity index is 777. The Morgan fingerprint density at radius 3 is 2.10 bits per heavy atom. The fraction of sp³-hybridized carbons (Fsp3) is 0.500. The van der Waals surface area contributed by atoms with Crippen molar-refractivity contribution >= 4 is 5.91 Å². The van der Waals surface area contributed by atoms with Crippen molar-refractivity contribution in [2.75, 3.05) is 26.7 Å². The Hall–Kier alpha value is -2.13. The molecule has 1 saturated carbocycles. The van der Waals surface area contributed by atoms with E-state index >= 15 is 0 Å². The molecule has 1 unspecified atom stereocenters. The Balaban J connectivity index is 1.66. The summed E-state index contributed by atoms with van der Waals surface area (Å²) < 4.78 is 0. The summed E-state index contributed by atoms with van der Waals surface area (Å²) in [6.45, 7) is 3.22. The molecule has 1 atom stereocenters. The van der Waals surface area contributed by atoms with Crippen molar-refractivity contribution in [2.45, 2.75) is 56.4 Å². The summed E-state index contributed by atoms with van der Waals surface area (Å²) in [5.74, 6) is 0.302. The molecule has 4 rings (SSSR count). The van der Waals surface area contributed by atoms with Crippen LogP contribution in [0.4, 0.5) is 0 Å². The van der Waals surface area contributed by atoms with Gasteiger partial charge in [-0.3, -0.25) is 4.79 Å². The maximum Gasteiger partial charge on any atom is 0.233 e. The van der Waals surface area contributed by atoms with Crippen molar-refractivity contribution < 1.29 is 4.79 Å². The van der Waals surface area contributed by atoms with Gasteiger partial charge < -0.3 is 9.80 Å². The summed E-state index contributed by atoms with van der Waals surface area (Å²) in [5.41, 5.74) is 2.07. The molecule has 2 aromatic rings. The third kappa shape index (κ3) is 4.25. The van der Waals surface area contributed by atoms with E-state index in [0.29, 0.717) is 5.91 Å². The number of hydrogen-bond donors (Lipinski definition) is 0. The summed E-state index contributed by atoms with van der Waals surface area (Å²) in [6.07, 6.45) is 7.98. The number of nitrogens with zero attached hydrogens (tertiary/aromatic N) is 2. The van der Waals surface area contributed by atoms with Gasteiger partial charge >= 0.3 is 0 Å². The van der Waals surface area contributed by atoms with Gasteiger partial charge in [-0.25, -0.2) is 0 Å². The lowest BCUT2D eigenvalue weighted by Gasteiger charge is -2.42. The van der Waals surface area contributed by atoms with Gasteiger partial charge in [-0.1, -0.05) is 79.9 Å². The van der Waals surface area contributed by atoms with Crippen molar-refractivity contribution in [1.29, 1.82) is 0 Å². The standard InChI is InChI=1S/C26H34N2O/c1-27(24(21-28-19-11-12-20-28)22-13-5-2-6-14-22)25(29)26(17-9-4-10-18-26)23-15-7-3-8-16-23/h2-3,5-8,13-16,24H,4,9-12,17-21H2,1H3. The minimum Gasteiger partial charge on any atom is -0.337 e. The van der Waals surface area contributed by atoms with E-state index in [9.17, 15) is 4.79 Å². The highest BCUT2D eigenvalue weighted by atomic mass is 16.2. The SMILES string of the molecule is CN(C(=O)C1(c2ccccc2)CCCCC1)C(CN1CCCC1)c1ccccc1. The average Bonchev–Trinajstić information content (AvgIpc) is 3.31. The highest BCUT2D eigenvalue weighted by Crippen LogP contribution is 2.42. The van der Waals surface area contributed by atoms with Gasteiger partial charge in [0.25, 0.3) is 0 Å². The van der Waals surface area contributed by atoms with E-state index in [1.165, 1.54) is 30.4 Å². The molecular weight excluding hydrogens is 356 g/mol. The van der Waals surface area contributed by atoms with Crippen LogP contribution in [-0.4, -0.2) is 42.4 Å². The predicted octanol–water partition coefficient (Wildman–Crippen LogP) is 5.18. The van der Waals surface area contributed by atoms with Crippen LogP contribution in [0.3, 0.4) is 0 Å². The van der Waals surface area contributed by atoms with Crippen molar-refractivity contribution in [3.63, 3.8) is 0 Å². The van der Waals surface area contributed by atoms with Gasteiger partial charge in [0.1, 0.15) is 0 Å². The lowest BCUT2D eigenvalue weighted by molar-refractivity contribution is -0.140. The summed E-state index contributed by atoms with van der Waals surface area (Å²) in [7, 11) is 2.04. The Kier molecular flexibility index (Phi) is 6.34. The van der Waals surface area contributed by atoms with Gasteiger partial charge in [0.05, 0.1) is 11.5 Å². The van der Waals surface area contributed by atoms with E-state index in [4.69, 9.17) is 0 Å². The zero-order valence-corrected chi connectivity index (χ0v) is 17.7. The van der Waals surface area contributed by atoms with Gasteiger partial charge in [0, 0.05) is 13.6 Å². The van der Waals surface area contributed by atoms with Crippen LogP contribution in [0.1, 0.15) is 62.1 Å². The Morgan fingerprint density at radius 2 is 1.48 bits per heavy atom. The number of likely N-dealkylation sites (N-methyl/N-ethyl adjacent to an activating group) is 1. The van der Waals surface area contributed by atoms with Crippen LogP contribution in [0.25, 0.3) is 0 Å². The van der Waals surface area contributed by atoms with Gasteiger partial charge in [0.15, 0.2) is 0 Å². The molecule has 3 nitrogen and oxygen atoms in total. The van der Waals surface area contributed by atoms with Crippen LogP contribution in [0.15, 0.2) is 60.7 Å². The molecule has 1 aliphatic heterocycles. The Labute approximate surface area is 175 Å². The molecule has 154 valence electrons. The first kappa shape index (κ1) is 20.2. The number of rotatable bonds is 6. The zero-order valence-electron chi connectivity index (χ0n) is 17.7. The molecule has 2 fully saturated rings. The molecule has 1 amide bonds. The van der Waals surface area contributed by atoms with E-state index in [0.717, 1.165) is 45.3 Å². The highest BCUT2D eigenvalue weighted by molar-refractivity contribution is 5.88. The molecular formula is C26H34N2O. The quantitative estimate of drug-likeness (QED) is 0.678. The van der Waals surface area contributed by atoms with Crippen LogP contribution in [0.5, 0.6) is 0 Å². The molecule has 2 aliphatic rings. The second-order valence-electron chi connectivity index (χ2n) is 8.86. The number of amides is 1. The van der Waals surface area contributed by atoms with Crippen molar-refractivity contribution in [3.05, 3.63) is 71.8 Å². The van der Waals surface area contributed by atoms with Crippen LogP contribution >= 0.6 is 0 Å².